The summed E-state index contributed by atoms with van der Waals surface area (Å²) in [5.41, 5.74) is 0.884. The summed E-state index contributed by atoms with van der Waals surface area (Å²) in [5, 5.41) is 4.06. The molecule has 2 rings (SSSR count). The number of nitrogens with zero attached hydrogens (tertiary/aromatic N) is 4. The van der Waals surface area contributed by atoms with Crippen molar-refractivity contribution in [2.75, 3.05) is 6.61 Å². The quantitative estimate of drug-likeness (QED) is 0.763. The molecule has 5 nitrogen and oxygen atoms in total. The maximum Gasteiger partial charge on any atom is 0.255 e. The SMILES string of the molecule is Cc1cc(OCC(C)C)n2ncnc2n1. The van der Waals surface area contributed by atoms with Crippen molar-refractivity contribution < 1.29 is 4.74 Å². The molecule has 0 aliphatic rings. The Labute approximate surface area is 88.1 Å². The van der Waals surface area contributed by atoms with Crippen molar-refractivity contribution in [3.63, 3.8) is 0 Å². The molecule has 0 saturated heterocycles. The van der Waals surface area contributed by atoms with Crippen molar-refractivity contribution in [3.8, 4) is 5.88 Å². The minimum Gasteiger partial charge on any atom is -0.477 e. The monoisotopic (exact) mass is 206 g/mol. The summed E-state index contributed by atoms with van der Waals surface area (Å²) >= 11 is 0. The first kappa shape index (κ1) is 9.89. The highest BCUT2D eigenvalue weighted by molar-refractivity contribution is 5.32. The fraction of sp³-hybridized carbons (Fsp3) is 0.500. The Kier molecular flexibility index (Phi) is 2.53. The molecule has 0 N–H and O–H groups in total. The molecule has 0 atom stereocenters. The predicted octanol–water partition coefficient (Wildman–Crippen LogP) is 1.47. The van der Waals surface area contributed by atoms with Crippen LogP contribution in [0.15, 0.2) is 12.4 Å². The minimum atomic E-state index is 0.483. The van der Waals surface area contributed by atoms with Gasteiger partial charge in [0.25, 0.3) is 5.78 Å². The van der Waals surface area contributed by atoms with Crippen molar-refractivity contribution in [3.05, 3.63) is 18.1 Å². The fourth-order valence-electron chi connectivity index (χ4n) is 1.25. The topological polar surface area (TPSA) is 52.3 Å². The van der Waals surface area contributed by atoms with Crippen molar-refractivity contribution >= 4 is 5.78 Å². The van der Waals surface area contributed by atoms with Crippen LogP contribution in [0, 0.1) is 12.8 Å². The van der Waals surface area contributed by atoms with E-state index < -0.39 is 0 Å². The Morgan fingerprint density at radius 2 is 2.27 bits per heavy atom. The predicted molar refractivity (Wildman–Crippen MR) is 55.9 cm³/mol. The van der Waals surface area contributed by atoms with E-state index in [9.17, 15) is 0 Å². The average Bonchev–Trinajstić information content (AvgIpc) is 2.61. The smallest absolute Gasteiger partial charge is 0.255 e. The summed E-state index contributed by atoms with van der Waals surface area (Å²) in [6, 6.07) is 1.87. The lowest BCUT2D eigenvalue weighted by atomic mass is 10.2. The number of rotatable bonds is 3. The Balaban J connectivity index is 2.35. The Bertz CT molecular complexity index is 463. The number of hydrogen-bond acceptors (Lipinski definition) is 4. The molecule has 5 heteroatoms. The number of aromatic nitrogens is 4. The van der Waals surface area contributed by atoms with Crippen LogP contribution in [0.5, 0.6) is 5.88 Å². The third-order valence-electron chi connectivity index (χ3n) is 1.91. The van der Waals surface area contributed by atoms with Gasteiger partial charge in [0.15, 0.2) is 0 Å². The lowest BCUT2D eigenvalue weighted by molar-refractivity contribution is 0.254. The first-order chi connectivity index (χ1) is 7.16. The van der Waals surface area contributed by atoms with Crippen LogP contribution in [0.25, 0.3) is 5.78 Å². The van der Waals surface area contributed by atoms with Gasteiger partial charge in [-0.15, -0.1) is 0 Å². The van der Waals surface area contributed by atoms with Gasteiger partial charge in [-0.3, -0.25) is 0 Å². The number of ether oxygens (including phenoxy) is 1. The van der Waals surface area contributed by atoms with Gasteiger partial charge in [0.05, 0.1) is 6.61 Å². The second kappa shape index (κ2) is 3.84. The van der Waals surface area contributed by atoms with Gasteiger partial charge in [-0.2, -0.15) is 14.6 Å². The average molecular weight is 206 g/mol. The van der Waals surface area contributed by atoms with Gasteiger partial charge < -0.3 is 4.74 Å². The highest BCUT2D eigenvalue weighted by atomic mass is 16.5. The fourth-order valence-corrected chi connectivity index (χ4v) is 1.25. The first-order valence-corrected chi connectivity index (χ1v) is 4.97. The summed E-state index contributed by atoms with van der Waals surface area (Å²) in [7, 11) is 0. The van der Waals surface area contributed by atoms with Gasteiger partial charge in [-0.05, 0) is 12.8 Å². The Morgan fingerprint density at radius 3 is 3.00 bits per heavy atom. The lowest BCUT2D eigenvalue weighted by Crippen LogP contribution is -2.08. The molecule has 0 saturated carbocycles. The molecule has 0 fully saturated rings. The molecule has 0 radical (unpaired) electrons. The second-order valence-corrected chi connectivity index (χ2v) is 3.91. The van der Waals surface area contributed by atoms with Crippen LogP contribution >= 0.6 is 0 Å². The Morgan fingerprint density at radius 1 is 1.47 bits per heavy atom. The summed E-state index contributed by atoms with van der Waals surface area (Å²) in [4.78, 5) is 8.26. The van der Waals surface area contributed by atoms with Crippen LogP contribution in [0.2, 0.25) is 0 Å². The van der Waals surface area contributed by atoms with Gasteiger partial charge >= 0.3 is 0 Å². The molecule has 0 aliphatic heterocycles. The van der Waals surface area contributed by atoms with Gasteiger partial charge in [0.1, 0.15) is 6.33 Å². The number of hydrogen-bond donors (Lipinski definition) is 0. The van der Waals surface area contributed by atoms with Gasteiger partial charge in [0, 0.05) is 11.8 Å². The molecular formula is C10H14N4O. The van der Waals surface area contributed by atoms with Crippen LogP contribution in [0.1, 0.15) is 19.5 Å². The van der Waals surface area contributed by atoms with Crippen LogP contribution in [0.3, 0.4) is 0 Å². The van der Waals surface area contributed by atoms with E-state index in [-0.39, 0.29) is 0 Å². The largest absolute Gasteiger partial charge is 0.477 e. The minimum absolute atomic E-state index is 0.483. The van der Waals surface area contributed by atoms with Crippen LogP contribution in [-0.2, 0) is 0 Å². The molecule has 2 aromatic rings. The molecule has 15 heavy (non-hydrogen) atoms. The first-order valence-electron chi connectivity index (χ1n) is 4.97. The van der Waals surface area contributed by atoms with E-state index in [1.165, 1.54) is 6.33 Å². The van der Waals surface area contributed by atoms with Crippen LogP contribution in [0.4, 0.5) is 0 Å². The highest BCUT2D eigenvalue weighted by Crippen LogP contribution is 2.13. The summed E-state index contributed by atoms with van der Waals surface area (Å²) in [6.07, 6.45) is 1.48. The normalized spacial score (nSPS) is 11.2. The lowest BCUT2D eigenvalue weighted by Gasteiger charge is -2.09. The number of fused-ring (bicyclic) bond motifs is 1. The zero-order chi connectivity index (χ0) is 10.8. The zero-order valence-electron chi connectivity index (χ0n) is 9.14. The molecule has 0 aliphatic carbocycles. The third-order valence-corrected chi connectivity index (χ3v) is 1.91. The molecular weight excluding hydrogens is 192 g/mol. The van der Waals surface area contributed by atoms with Gasteiger partial charge in [-0.1, -0.05) is 13.8 Å². The standard InChI is InChI=1S/C10H14N4O/c1-7(2)5-15-9-4-8(3)13-10-11-6-12-14(9)10/h4,6-7H,5H2,1-3H3. The van der Waals surface area contributed by atoms with Crippen molar-refractivity contribution in [1.82, 2.24) is 19.6 Å². The van der Waals surface area contributed by atoms with E-state index in [0.717, 1.165) is 5.69 Å². The van der Waals surface area contributed by atoms with E-state index in [1.54, 1.807) is 4.52 Å². The van der Waals surface area contributed by atoms with Gasteiger partial charge in [0.2, 0.25) is 5.88 Å². The summed E-state index contributed by atoms with van der Waals surface area (Å²) in [6.45, 7) is 6.79. The van der Waals surface area contributed by atoms with E-state index >= 15 is 0 Å². The van der Waals surface area contributed by atoms with Crippen molar-refractivity contribution in [1.29, 1.82) is 0 Å². The van der Waals surface area contributed by atoms with E-state index in [1.807, 2.05) is 13.0 Å². The summed E-state index contributed by atoms with van der Waals surface area (Å²) < 4.78 is 7.25. The number of aryl methyl sites for hydroxylation is 1. The van der Waals surface area contributed by atoms with Crippen molar-refractivity contribution in [2.24, 2.45) is 5.92 Å². The van der Waals surface area contributed by atoms with E-state index in [0.29, 0.717) is 24.2 Å². The highest BCUT2D eigenvalue weighted by Gasteiger charge is 2.06. The zero-order valence-corrected chi connectivity index (χ0v) is 9.14. The summed E-state index contributed by atoms with van der Waals surface area (Å²) in [5.74, 6) is 1.76. The maximum absolute atomic E-state index is 5.64. The van der Waals surface area contributed by atoms with Crippen molar-refractivity contribution in [2.45, 2.75) is 20.8 Å². The van der Waals surface area contributed by atoms with Gasteiger partial charge in [-0.25, -0.2) is 4.98 Å². The molecule has 80 valence electrons. The van der Waals surface area contributed by atoms with Crippen LogP contribution in [-0.4, -0.2) is 26.2 Å². The molecule has 2 heterocycles. The van der Waals surface area contributed by atoms with Crippen LogP contribution < -0.4 is 4.74 Å². The molecule has 0 bridgehead atoms. The Hall–Kier alpha value is -1.65. The maximum atomic E-state index is 5.64. The van der Waals surface area contributed by atoms with E-state index in [4.69, 9.17) is 4.74 Å². The molecule has 2 aromatic heterocycles. The molecule has 0 amide bonds. The molecule has 0 aromatic carbocycles. The second-order valence-electron chi connectivity index (χ2n) is 3.91. The van der Waals surface area contributed by atoms with E-state index in [2.05, 4.69) is 28.9 Å². The third kappa shape index (κ3) is 2.06. The molecule has 0 spiro atoms. The molecule has 0 unspecified atom stereocenters.